The number of ether oxygens (including phenoxy) is 9. The van der Waals surface area contributed by atoms with Gasteiger partial charge >= 0.3 is 5.97 Å². The third-order valence-corrected chi connectivity index (χ3v) is 18.5. The number of carbonyl (C=O) groups is 1. The number of hydrogen-bond donors (Lipinski definition) is 7. The summed E-state index contributed by atoms with van der Waals surface area (Å²) in [5, 5.41) is 76.5. The summed E-state index contributed by atoms with van der Waals surface area (Å²) in [6.45, 7) is 10.9. The van der Waals surface area contributed by atoms with E-state index in [1.807, 2.05) is 0 Å². The second kappa shape index (κ2) is 17.8. The summed E-state index contributed by atoms with van der Waals surface area (Å²) >= 11 is 0. The van der Waals surface area contributed by atoms with Crippen molar-refractivity contribution in [3.8, 4) is 0 Å². The molecular weight excluding hydrogens is 849 g/mol. The van der Waals surface area contributed by atoms with Gasteiger partial charge < -0.3 is 78.4 Å². The molecular formula is C48H74O17. The molecule has 10 aliphatic rings. The average Bonchev–Trinajstić information content (AvgIpc) is 3.99. The van der Waals surface area contributed by atoms with Crippen molar-refractivity contribution in [1.82, 2.24) is 0 Å². The van der Waals surface area contributed by atoms with Gasteiger partial charge in [-0.25, -0.2) is 0 Å². The van der Waals surface area contributed by atoms with E-state index in [-0.39, 0.29) is 35.6 Å². The predicted molar refractivity (Wildman–Crippen MR) is 225 cm³/mol. The molecule has 5 saturated heterocycles. The first-order valence-corrected chi connectivity index (χ1v) is 24.8. The first kappa shape index (κ1) is 47.3. The summed E-state index contributed by atoms with van der Waals surface area (Å²) in [6.07, 6.45) is -7.67. The molecule has 1 spiro atoms. The summed E-state index contributed by atoms with van der Waals surface area (Å²) in [4.78, 5) is 12.2. The Balaban J connectivity index is 0.838. The minimum Gasteiger partial charge on any atom is -0.463 e. The number of aliphatic hydroxyl groups excluding tert-OH is 7. The van der Waals surface area contributed by atoms with E-state index in [4.69, 9.17) is 42.6 Å². The quantitative estimate of drug-likeness (QED) is 0.122. The lowest BCUT2D eigenvalue weighted by molar-refractivity contribution is -0.380. The third kappa shape index (κ3) is 8.09. The minimum absolute atomic E-state index is 0.0263. The molecule has 0 aromatic heterocycles. The Morgan fingerprint density at radius 3 is 2.20 bits per heavy atom. The summed E-state index contributed by atoms with van der Waals surface area (Å²) in [6, 6.07) is 0. The van der Waals surface area contributed by atoms with E-state index in [0.717, 1.165) is 64.4 Å². The molecule has 7 N–H and O–H groups in total. The van der Waals surface area contributed by atoms with E-state index in [9.17, 15) is 40.5 Å². The van der Waals surface area contributed by atoms with Gasteiger partial charge in [0.15, 0.2) is 24.7 Å². The number of fused-ring (bicyclic) bond motifs is 7. The van der Waals surface area contributed by atoms with Crippen LogP contribution in [0.15, 0.2) is 11.6 Å². The van der Waals surface area contributed by atoms with Gasteiger partial charge in [-0.05, 0) is 112 Å². The third-order valence-electron chi connectivity index (χ3n) is 18.5. The molecule has 0 aromatic carbocycles. The number of aliphatic hydroxyl groups is 7. The van der Waals surface area contributed by atoms with Crippen molar-refractivity contribution in [2.24, 2.45) is 52.3 Å². The molecule has 65 heavy (non-hydrogen) atoms. The van der Waals surface area contributed by atoms with Crippen molar-refractivity contribution >= 4 is 5.97 Å². The maximum absolute atomic E-state index is 12.2. The summed E-state index contributed by atoms with van der Waals surface area (Å²) < 4.78 is 55.8. The van der Waals surface area contributed by atoms with Crippen LogP contribution in [0, 0.1) is 52.3 Å². The van der Waals surface area contributed by atoms with Crippen molar-refractivity contribution in [1.29, 1.82) is 0 Å². The Hall–Kier alpha value is -1.39. The zero-order valence-corrected chi connectivity index (χ0v) is 38.5. The molecule has 5 heterocycles. The SMILES string of the molecule is C[C@@H]1CC[C@@]2(OC1)OC1CC3C4CC=C5C[C@@H](O[C@@H]6O[C@H](CO)[C@@H](OC7O[C@@H](COC(=O)C8CC8)[C@H](O)[C@H]7O)[C@H](O)[C@H]6OC6O[C@@H](C)[C@H](O)[C@@H](O)[C@H]6O)CC[C@]5(C)C4CC[C@]3(C)C1[C@@H]2C. The molecule has 5 aliphatic carbocycles. The van der Waals surface area contributed by atoms with E-state index < -0.39 is 104 Å². The standard InChI is InChI=1S/C48H74O17/c1-21-10-15-48(58-19-21)22(2)33-30(65-48)17-29-27-9-8-25-16-26(11-13-46(25,4)28(27)12-14-47(29,33)5)60-45-41(64-43-38(54)36(52)34(50)23(3)59-43)39(55)40(31(18-49)61-45)63-44-37(53)35(51)32(62-44)20-57-42(56)24-6-7-24/h8,21-24,26-41,43-45,49-55H,6-7,9-20H2,1-5H3/t21-,22+,23+,26+,27?,28?,29?,30?,31-,32+,33?,34+,35+,36-,37-,38-,39+,40-,41-,43?,44?,45-,46+,47+,48-/m1/s1. The van der Waals surface area contributed by atoms with E-state index >= 15 is 0 Å². The van der Waals surface area contributed by atoms with Gasteiger partial charge in [-0.3, -0.25) is 4.79 Å². The van der Waals surface area contributed by atoms with Gasteiger partial charge in [-0.1, -0.05) is 39.3 Å². The predicted octanol–water partition coefficient (Wildman–Crippen LogP) is 1.81. The highest BCUT2D eigenvalue weighted by Gasteiger charge is 2.69. The zero-order chi connectivity index (χ0) is 45.9. The van der Waals surface area contributed by atoms with Crippen molar-refractivity contribution in [2.45, 2.75) is 209 Å². The fraction of sp³-hybridized carbons (Fsp3) is 0.938. The van der Waals surface area contributed by atoms with E-state index in [0.29, 0.717) is 48.3 Å². The molecule has 5 aliphatic heterocycles. The average molecular weight is 923 g/mol. The van der Waals surface area contributed by atoms with Gasteiger partial charge in [0.25, 0.3) is 0 Å². The number of rotatable bonds is 10. The van der Waals surface area contributed by atoms with E-state index in [1.54, 1.807) is 0 Å². The van der Waals surface area contributed by atoms with Gasteiger partial charge in [0.2, 0.25) is 0 Å². The second-order valence-corrected chi connectivity index (χ2v) is 22.3. The lowest BCUT2D eigenvalue weighted by Crippen LogP contribution is -2.65. The number of allylic oxidation sites excluding steroid dienone is 1. The topological polar surface area (TPSA) is 242 Å². The smallest absolute Gasteiger partial charge is 0.309 e. The monoisotopic (exact) mass is 922 g/mol. The summed E-state index contributed by atoms with van der Waals surface area (Å²) in [5.74, 6) is 2.00. The molecule has 4 saturated carbocycles. The molecule has 25 atom stereocenters. The zero-order valence-electron chi connectivity index (χ0n) is 38.5. The highest BCUT2D eigenvalue weighted by atomic mass is 16.8. The largest absolute Gasteiger partial charge is 0.463 e. The molecule has 17 heteroatoms. The molecule has 10 rings (SSSR count). The van der Waals surface area contributed by atoms with Crippen LogP contribution in [0.5, 0.6) is 0 Å². The van der Waals surface area contributed by atoms with Crippen molar-refractivity contribution in [3.63, 3.8) is 0 Å². The van der Waals surface area contributed by atoms with Gasteiger partial charge in [0, 0.05) is 12.3 Å². The molecule has 0 radical (unpaired) electrons. The van der Waals surface area contributed by atoms with Crippen LogP contribution in [0.2, 0.25) is 0 Å². The van der Waals surface area contributed by atoms with Gasteiger partial charge in [-0.2, -0.15) is 0 Å². The Labute approximate surface area is 381 Å². The fourth-order valence-electron chi connectivity index (χ4n) is 14.4. The molecule has 17 nitrogen and oxygen atoms in total. The molecule has 0 bridgehead atoms. The molecule has 0 aromatic rings. The Morgan fingerprint density at radius 1 is 0.754 bits per heavy atom. The first-order valence-electron chi connectivity index (χ1n) is 24.8. The molecule has 0 amide bonds. The van der Waals surface area contributed by atoms with Crippen LogP contribution in [-0.4, -0.2) is 166 Å². The minimum atomic E-state index is -1.72. The number of carbonyl (C=O) groups excluding carboxylic acids is 1. The highest BCUT2D eigenvalue weighted by molar-refractivity contribution is 5.74. The lowest BCUT2D eigenvalue weighted by atomic mass is 9.47. The van der Waals surface area contributed by atoms with Gasteiger partial charge in [-0.15, -0.1) is 0 Å². The molecule has 7 unspecified atom stereocenters. The number of hydrogen-bond acceptors (Lipinski definition) is 17. The normalized spacial score (nSPS) is 55.2. The van der Waals surface area contributed by atoms with E-state index in [1.165, 1.54) is 12.5 Å². The van der Waals surface area contributed by atoms with Crippen LogP contribution in [0.4, 0.5) is 0 Å². The van der Waals surface area contributed by atoms with Crippen LogP contribution in [0.25, 0.3) is 0 Å². The van der Waals surface area contributed by atoms with Crippen LogP contribution < -0.4 is 0 Å². The summed E-state index contributed by atoms with van der Waals surface area (Å²) in [7, 11) is 0. The van der Waals surface area contributed by atoms with Crippen molar-refractivity contribution in [2.75, 3.05) is 19.8 Å². The van der Waals surface area contributed by atoms with Crippen molar-refractivity contribution < 1.29 is 83.2 Å². The van der Waals surface area contributed by atoms with Crippen LogP contribution in [0.1, 0.15) is 105 Å². The van der Waals surface area contributed by atoms with Crippen LogP contribution >= 0.6 is 0 Å². The first-order chi connectivity index (χ1) is 31.0. The molecule has 368 valence electrons. The summed E-state index contributed by atoms with van der Waals surface area (Å²) in [5.41, 5.74) is 1.51. The van der Waals surface area contributed by atoms with Crippen LogP contribution in [0.3, 0.4) is 0 Å². The molecule has 9 fully saturated rings. The van der Waals surface area contributed by atoms with Gasteiger partial charge in [0.1, 0.15) is 67.6 Å². The fourth-order valence-corrected chi connectivity index (χ4v) is 14.4. The van der Waals surface area contributed by atoms with E-state index in [2.05, 4.69) is 33.8 Å². The Bertz CT molecular complexity index is 1750. The van der Waals surface area contributed by atoms with Gasteiger partial charge in [0.05, 0.1) is 37.4 Å². The Morgan fingerprint density at radius 2 is 1.48 bits per heavy atom. The lowest BCUT2D eigenvalue weighted by Gasteiger charge is -2.58. The maximum atomic E-state index is 12.2. The Kier molecular flexibility index (Phi) is 12.9. The highest BCUT2D eigenvalue weighted by Crippen LogP contribution is 2.70. The maximum Gasteiger partial charge on any atom is 0.309 e. The number of esters is 1. The second-order valence-electron chi connectivity index (χ2n) is 22.3. The van der Waals surface area contributed by atoms with Crippen molar-refractivity contribution in [3.05, 3.63) is 11.6 Å². The van der Waals surface area contributed by atoms with Crippen LogP contribution in [-0.2, 0) is 47.4 Å².